The van der Waals surface area contributed by atoms with Crippen molar-refractivity contribution in [3.8, 4) is 0 Å². The quantitative estimate of drug-likeness (QED) is 0.681. The molecule has 0 aromatic heterocycles. The number of nitrogens with one attached hydrogen (secondary N) is 1. The van der Waals surface area contributed by atoms with E-state index in [2.05, 4.69) is 11.4 Å². The van der Waals surface area contributed by atoms with Crippen molar-refractivity contribution in [1.29, 1.82) is 0 Å². The van der Waals surface area contributed by atoms with Gasteiger partial charge in [0, 0.05) is 13.1 Å². The second kappa shape index (κ2) is 6.70. The van der Waals surface area contributed by atoms with Gasteiger partial charge in [-0.3, -0.25) is 10.1 Å². The minimum atomic E-state index is -0.495. The van der Waals surface area contributed by atoms with E-state index in [-0.39, 0.29) is 23.4 Å². The van der Waals surface area contributed by atoms with Crippen molar-refractivity contribution in [2.75, 3.05) is 12.4 Å². The molecule has 0 spiro atoms. The Morgan fingerprint density at radius 2 is 1.92 bits per heavy atom. The van der Waals surface area contributed by atoms with Crippen molar-refractivity contribution < 1.29 is 9.72 Å². The molecule has 6 nitrogen and oxygen atoms in total. The van der Waals surface area contributed by atoms with Gasteiger partial charge < -0.3 is 10.2 Å². The number of hydrogen-bond acceptors (Lipinski definition) is 3. The van der Waals surface area contributed by atoms with Gasteiger partial charge in [-0.15, -0.1) is 0 Å². The first-order valence-corrected chi connectivity index (χ1v) is 7.93. The average molecular weight is 325 g/mol. The van der Waals surface area contributed by atoms with Crippen LogP contribution in [0.3, 0.4) is 0 Å². The molecule has 1 atom stereocenters. The highest BCUT2D eigenvalue weighted by Crippen LogP contribution is 2.34. The zero-order chi connectivity index (χ0) is 17.1. The number of nitro groups is 1. The average Bonchev–Trinajstić information content (AvgIpc) is 2.61. The molecule has 0 saturated heterocycles. The monoisotopic (exact) mass is 325 g/mol. The van der Waals surface area contributed by atoms with E-state index < -0.39 is 4.92 Å². The lowest BCUT2D eigenvalue weighted by Gasteiger charge is -2.33. The zero-order valence-corrected chi connectivity index (χ0v) is 13.4. The van der Waals surface area contributed by atoms with Crippen LogP contribution in [-0.4, -0.2) is 22.9 Å². The predicted octanol–water partition coefficient (Wildman–Crippen LogP) is 4.14. The lowest BCUT2D eigenvalue weighted by Crippen LogP contribution is -2.36. The van der Waals surface area contributed by atoms with Crippen LogP contribution in [0.4, 0.5) is 16.2 Å². The first-order valence-electron chi connectivity index (χ1n) is 7.93. The van der Waals surface area contributed by atoms with Crippen molar-refractivity contribution >= 4 is 17.4 Å². The zero-order valence-electron chi connectivity index (χ0n) is 13.4. The van der Waals surface area contributed by atoms with Crippen LogP contribution < -0.4 is 5.32 Å². The fourth-order valence-electron chi connectivity index (χ4n) is 3.21. The molecule has 24 heavy (non-hydrogen) atoms. The standard InChI is InChI=1S/C18H19N3O3/c1-20(16-12-6-8-13-7-2-3-9-14(13)16)18(22)19-15-10-4-5-11-17(15)21(23)24/h2-5,7,9-11,16H,6,8,12H2,1H3,(H,19,22)/t16-/m0/s1. The Morgan fingerprint density at radius 3 is 2.71 bits per heavy atom. The molecule has 6 heteroatoms. The molecule has 0 bridgehead atoms. The Labute approximate surface area is 140 Å². The van der Waals surface area contributed by atoms with Gasteiger partial charge in [-0.25, -0.2) is 4.79 Å². The summed E-state index contributed by atoms with van der Waals surface area (Å²) in [4.78, 5) is 24.8. The summed E-state index contributed by atoms with van der Waals surface area (Å²) >= 11 is 0. The second-order valence-corrected chi connectivity index (χ2v) is 5.92. The van der Waals surface area contributed by atoms with Crippen molar-refractivity contribution in [1.82, 2.24) is 4.90 Å². The molecule has 124 valence electrons. The molecular formula is C18H19N3O3. The minimum absolute atomic E-state index is 0.0160. The van der Waals surface area contributed by atoms with Gasteiger partial charge >= 0.3 is 6.03 Å². The van der Waals surface area contributed by atoms with E-state index in [4.69, 9.17) is 0 Å². The number of hydrogen-bond donors (Lipinski definition) is 1. The normalized spacial score (nSPS) is 16.1. The number of rotatable bonds is 3. The molecule has 1 aliphatic carbocycles. The van der Waals surface area contributed by atoms with Crippen molar-refractivity contribution in [3.63, 3.8) is 0 Å². The van der Waals surface area contributed by atoms with E-state index in [1.807, 2.05) is 18.2 Å². The molecule has 1 N–H and O–H groups in total. The summed E-state index contributed by atoms with van der Waals surface area (Å²) in [5, 5.41) is 13.7. The first kappa shape index (κ1) is 16.0. The van der Waals surface area contributed by atoms with Gasteiger partial charge in [0.05, 0.1) is 11.0 Å². The van der Waals surface area contributed by atoms with Gasteiger partial charge in [0.1, 0.15) is 5.69 Å². The van der Waals surface area contributed by atoms with Crippen LogP contribution in [0, 0.1) is 10.1 Å². The van der Waals surface area contributed by atoms with Gasteiger partial charge in [0.25, 0.3) is 5.69 Å². The summed E-state index contributed by atoms with van der Waals surface area (Å²) in [6.45, 7) is 0. The second-order valence-electron chi connectivity index (χ2n) is 5.92. The van der Waals surface area contributed by atoms with Crippen LogP contribution >= 0.6 is 0 Å². The molecule has 0 fully saturated rings. The van der Waals surface area contributed by atoms with Crippen molar-refractivity contribution in [2.24, 2.45) is 0 Å². The SMILES string of the molecule is CN(C(=O)Nc1ccccc1[N+](=O)[O-])[C@H]1CCCc2ccccc21. The number of anilines is 1. The minimum Gasteiger partial charge on any atom is -0.321 e. The van der Waals surface area contributed by atoms with Crippen LogP contribution in [0.2, 0.25) is 0 Å². The fourth-order valence-corrected chi connectivity index (χ4v) is 3.21. The highest BCUT2D eigenvalue weighted by Gasteiger charge is 2.27. The number of carbonyl (C=O) groups excluding carboxylic acids is 1. The number of nitro benzene ring substituents is 1. The van der Waals surface area contributed by atoms with E-state index in [1.165, 1.54) is 11.6 Å². The third-order valence-electron chi connectivity index (χ3n) is 4.47. The number of benzene rings is 2. The molecule has 2 aromatic rings. The van der Waals surface area contributed by atoms with E-state index in [1.54, 1.807) is 30.1 Å². The van der Waals surface area contributed by atoms with E-state index in [9.17, 15) is 14.9 Å². The first-order chi connectivity index (χ1) is 11.6. The van der Waals surface area contributed by atoms with Gasteiger partial charge in [-0.05, 0) is 36.5 Å². The molecule has 0 radical (unpaired) electrons. The maximum atomic E-state index is 12.6. The number of nitrogens with zero attached hydrogens (tertiary/aromatic N) is 2. The van der Waals surface area contributed by atoms with Crippen LogP contribution in [0.25, 0.3) is 0 Å². The highest BCUT2D eigenvalue weighted by atomic mass is 16.6. The summed E-state index contributed by atoms with van der Waals surface area (Å²) in [7, 11) is 1.73. The Bertz CT molecular complexity index is 776. The lowest BCUT2D eigenvalue weighted by molar-refractivity contribution is -0.383. The van der Waals surface area contributed by atoms with E-state index in [0.717, 1.165) is 24.8 Å². The lowest BCUT2D eigenvalue weighted by atomic mass is 9.87. The van der Waals surface area contributed by atoms with Crippen molar-refractivity contribution in [3.05, 3.63) is 69.8 Å². The van der Waals surface area contributed by atoms with Gasteiger partial charge in [0.2, 0.25) is 0 Å². The number of aryl methyl sites for hydroxylation is 1. The third kappa shape index (κ3) is 3.08. The topological polar surface area (TPSA) is 75.5 Å². The maximum absolute atomic E-state index is 12.6. The number of urea groups is 1. The Balaban J connectivity index is 1.81. The summed E-state index contributed by atoms with van der Waals surface area (Å²) in [6, 6.07) is 13.9. The molecule has 0 aliphatic heterocycles. The summed E-state index contributed by atoms with van der Waals surface area (Å²) in [6.07, 6.45) is 2.93. The third-order valence-corrected chi connectivity index (χ3v) is 4.47. The fraction of sp³-hybridized carbons (Fsp3) is 0.278. The Hall–Kier alpha value is -2.89. The summed E-state index contributed by atoms with van der Waals surface area (Å²) in [5.74, 6) is 0. The largest absolute Gasteiger partial charge is 0.322 e. The maximum Gasteiger partial charge on any atom is 0.322 e. The van der Waals surface area contributed by atoms with E-state index >= 15 is 0 Å². The predicted molar refractivity (Wildman–Crippen MR) is 92.0 cm³/mol. The smallest absolute Gasteiger partial charge is 0.321 e. The highest BCUT2D eigenvalue weighted by molar-refractivity contribution is 5.92. The van der Waals surface area contributed by atoms with Crippen molar-refractivity contribution in [2.45, 2.75) is 25.3 Å². The number of para-hydroxylation sites is 2. The molecule has 0 unspecified atom stereocenters. The molecule has 0 heterocycles. The summed E-state index contributed by atoms with van der Waals surface area (Å²) < 4.78 is 0. The van der Waals surface area contributed by atoms with Crippen LogP contribution in [-0.2, 0) is 6.42 Å². The van der Waals surface area contributed by atoms with Crippen LogP contribution in [0.15, 0.2) is 48.5 Å². The number of carbonyl (C=O) groups is 1. The van der Waals surface area contributed by atoms with Gasteiger partial charge in [0.15, 0.2) is 0 Å². The molecule has 0 saturated carbocycles. The summed E-state index contributed by atoms with van der Waals surface area (Å²) in [5.41, 5.74) is 2.52. The van der Waals surface area contributed by atoms with E-state index in [0.29, 0.717) is 0 Å². The molecule has 1 aliphatic rings. The van der Waals surface area contributed by atoms with Gasteiger partial charge in [-0.2, -0.15) is 0 Å². The molecule has 2 amide bonds. The molecule has 3 rings (SSSR count). The molecule has 2 aromatic carbocycles. The Kier molecular flexibility index (Phi) is 4.46. The van der Waals surface area contributed by atoms with Crippen LogP contribution in [0.5, 0.6) is 0 Å². The number of fused-ring (bicyclic) bond motifs is 1. The molecular weight excluding hydrogens is 306 g/mol. The number of amides is 2. The van der Waals surface area contributed by atoms with Crippen LogP contribution in [0.1, 0.15) is 30.0 Å². The Morgan fingerprint density at radius 1 is 1.21 bits per heavy atom. The van der Waals surface area contributed by atoms with Gasteiger partial charge in [-0.1, -0.05) is 36.4 Å².